The van der Waals surface area contributed by atoms with Gasteiger partial charge in [-0.2, -0.15) is 0 Å². The maximum absolute atomic E-state index is 2.66. The molecule has 1 aliphatic rings. The maximum atomic E-state index is 2.66. The molecule has 0 spiro atoms. The Bertz CT molecular complexity index is 878. The predicted octanol–water partition coefficient (Wildman–Crippen LogP) is 3.50. The van der Waals surface area contributed by atoms with E-state index in [1.807, 2.05) is 0 Å². The van der Waals surface area contributed by atoms with Gasteiger partial charge in [0.15, 0.2) is 0 Å². The first-order chi connectivity index (χ1) is 14.0. The molecule has 0 saturated carbocycles. The molecule has 0 N–H and O–H groups in total. The van der Waals surface area contributed by atoms with Crippen molar-refractivity contribution in [2.24, 2.45) is 0 Å². The standard InChI is InChI=1S/C25H34B2P2/c1-21(20-25-18-11-19-28(25,26)22-12-5-2-6-13-22)29(27,23-14-7-3-8-15-23)24-16-9-4-10-17-24/h2-10,12-17,21,25,28-29H,11,18-20,26-27H2,1H3/t21-,25+/m0/s1. The van der Waals surface area contributed by atoms with Crippen LogP contribution in [0.1, 0.15) is 26.2 Å². The fourth-order valence-corrected chi connectivity index (χ4v) is 14.8. The van der Waals surface area contributed by atoms with Crippen LogP contribution in [-0.4, -0.2) is 32.6 Å². The number of hydrogen-bond acceptors (Lipinski definition) is 0. The Balaban J connectivity index is 1.68. The monoisotopic (exact) mass is 418 g/mol. The van der Waals surface area contributed by atoms with Gasteiger partial charge in [-0.1, -0.05) is 0 Å². The normalized spacial score (nSPS) is 21.3. The molecule has 0 aromatic heterocycles. The molecule has 2 atom stereocenters. The van der Waals surface area contributed by atoms with Crippen LogP contribution in [0, 0.1) is 0 Å². The molecule has 0 unspecified atom stereocenters. The molecule has 29 heavy (non-hydrogen) atoms. The van der Waals surface area contributed by atoms with Crippen LogP contribution in [0.15, 0.2) is 91.0 Å². The van der Waals surface area contributed by atoms with E-state index < -0.39 is 14.3 Å². The van der Waals surface area contributed by atoms with Crippen molar-refractivity contribution in [1.29, 1.82) is 0 Å². The second-order valence-corrected chi connectivity index (χ2v) is 18.7. The van der Waals surface area contributed by atoms with Gasteiger partial charge in [-0.15, -0.1) is 0 Å². The summed E-state index contributed by atoms with van der Waals surface area (Å²) < 4.78 is 0. The van der Waals surface area contributed by atoms with Crippen molar-refractivity contribution in [2.45, 2.75) is 37.5 Å². The average molecular weight is 418 g/mol. The molecule has 4 heteroatoms. The molecule has 1 fully saturated rings. The molecule has 1 heterocycles. The Labute approximate surface area is 179 Å². The zero-order chi connectivity index (χ0) is 20.3. The summed E-state index contributed by atoms with van der Waals surface area (Å²) in [7, 11) is 2.05. The number of rotatable bonds is 6. The van der Waals surface area contributed by atoms with E-state index in [4.69, 9.17) is 0 Å². The third-order valence-electron chi connectivity index (χ3n) is 7.95. The number of hydrogen-bond donors (Lipinski definition) is 0. The Kier molecular flexibility index (Phi) is 6.34. The topological polar surface area (TPSA) is 0 Å². The summed E-state index contributed by atoms with van der Waals surface area (Å²) in [5.74, 6) is 0. The Hall–Kier alpha value is -1.35. The van der Waals surface area contributed by atoms with E-state index in [-0.39, 0.29) is 0 Å². The van der Waals surface area contributed by atoms with Crippen molar-refractivity contribution in [2.75, 3.05) is 6.16 Å². The Morgan fingerprint density at radius 1 is 0.862 bits per heavy atom. The van der Waals surface area contributed by atoms with Gasteiger partial charge in [-0.25, -0.2) is 0 Å². The SMILES string of the molecule is B[PH]1(c2ccccc2)CCC[C@@H]1C[C@H](C)[PH](B)(c1ccccc1)c1ccccc1. The van der Waals surface area contributed by atoms with Crippen LogP contribution in [0.2, 0.25) is 0 Å². The van der Waals surface area contributed by atoms with Gasteiger partial charge in [-0.3, -0.25) is 0 Å². The van der Waals surface area contributed by atoms with E-state index in [0.29, 0.717) is 0 Å². The number of benzene rings is 3. The summed E-state index contributed by atoms with van der Waals surface area (Å²) in [5.41, 5.74) is 1.63. The van der Waals surface area contributed by atoms with E-state index in [1.54, 1.807) is 15.9 Å². The zero-order valence-electron chi connectivity index (χ0n) is 18.1. The minimum absolute atomic E-state index is 0.728. The summed E-state index contributed by atoms with van der Waals surface area (Å²) in [6.45, 7) is 2.56. The van der Waals surface area contributed by atoms with Crippen molar-refractivity contribution in [3.8, 4) is 0 Å². The van der Waals surface area contributed by atoms with Crippen LogP contribution >= 0.6 is 14.3 Å². The van der Waals surface area contributed by atoms with Gasteiger partial charge in [0, 0.05) is 0 Å². The van der Waals surface area contributed by atoms with Gasteiger partial charge < -0.3 is 0 Å². The molecule has 0 radical (unpaired) electrons. The van der Waals surface area contributed by atoms with E-state index >= 15 is 0 Å². The quantitative estimate of drug-likeness (QED) is 0.425. The summed E-state index contributed by atoms with van der Waals surface area (Å²) in [5, 5.41) is 4.84. The first-order valence-corrected chi connectivity index (χ1v) is 16.6. The second-order valence-electron chi connectivity index (χ2n) is 9.44. The van der Waals surface area contributed by atoms with Gasteiger partial charge in [0.25, 0.3) is 0 Å². The van der Waals surface area contributed by atoms with Crippen LogP contribution < -0.4 is 15.9 Å². The molecule has 0 nitrogen and oxygen atoms in total. The summed E-state index contributed by atoms with van der Waals surface area (Å²) >= 11 is 0. The molecular weight excluding hydrogens is 384 g/mol. The molecule has 3 aromatic rings. The third kappa shape index (κ3) is 4.00. The van der Waals surface area contributed by atoms with Crippen molar-refractivity contribution in [3.05, 3.63) is 91.0 Å². The van der Waals surface area contributed by atoms with Crippen LogP contribution in [0.5, 0.6) is 0 Å². The Morgan fingerprint density at radius 3 is 1.86 bits per heavy atom. The molecule has 1 saturated heterocycles. The summed E-state index contributed by atoms with van der Waals surface area (Å²) in [6, 6.07) is 34.3. The molecule has 0 amide bonds. The molecule has 1 aliphatic heterocycles. The van der Waals surface area contributed by atoms with Crippen LogP contribution in [0.4, 0.5) is 0 Å². The summed E-state index contributed by atoms with van der Waals surface area (Å²) in [6.07, 6.45) is 5.69. The van der Waals surface area contributed by atoms with Crippen molar-refractivity contribution < 1.29 is 0 Å². The van der Waals surface area contributed by atoms with Crippen molar-refractivity contribution in [3.63, 3.8) is 0 Å². The first kappa shape index (κ1) is 20.9. The van der Waals surface area contributed by atoms with Crippen molar-refractivity contribution in [1.82, 2.24) is 0 Å². The van der Waals surface area contributed by atoms with E-state index in [9.17, 15) is 0 Å². The minimum atomic E-state index is -1.81. The van der Waals surface area contributed by atoms with E-state index in [0.717, 1.165) is 11.3 Å². The second kappa shape index (κ2) is 8.79. The predicted molar refractivity (Wildman–Crippen MR) is 144 cm³/mol. The fourth-order valence-electron chi connectivity index (χ4n) is 5.78. The van der Waals surface area contributed by atoms with Gasteiger partial charge in [0.1, 0.15) is 0 Å². The van der Waals surface area contributed by atoms with E-state index in [1.165, 1.54) is 25.4 Å². The summed E-state index contributed by atoms with van der Waals surface area (Å²) in [4.78, 5) is 0. The molecule has 3 aromatic carbocycles. The molecule has 4 rings (SSSR count). The molecule has 0 aliphatic carbocycles. The zero-order valence-corrected chi connectivity index (χ0v) is 20.1. The van der Waals surface area contributed by atoms with Crippen LogP contribution in [-0.2, 0) is 0 Å². The molecular formula is C25H34B2P2. The van der Waals surface area contributed by atoms with Gasteiger partial charge >= 0.3 is 180 Å². The van der Waals surface area contributed by atoms with Crippen LogP contribution in [0.3, 0.4) is 0 Å². The molecule has 0 bridgehead atoms. The van der Waals surface area contributed by atoms with Crippen molar-refractivity contribution >= 4 is 45.3 Å². The Morgan fingerprint density at radius 2 is 1.34 bits per heavy atom. The van der Waals surface area contributed by atoms with Gasteiger partial charge in [-0.05, 0) is 0 Å². The van der Waals surface area contributed by atoms with Gasteiger partial charge in [0.05, 0.1) is 0 Å². The third-order valence-corrected chi connectivity index (χ3v) is 18.6. The molecule has 150 valence electrons. The van der Waals surface area contributed by atoms with Crippen LogP contribution in [0.25, 0.3) is 0 Å². The van der Waals surface area contributed by atoms with Gasteiger partial charge in [0.2, 0.25) is 0 Å². The fraction of sp³-hybridized carbons (Fsp3) is 0.280. The van der Waals surface area contributed by atoms with E-state index in [2.05, 4.69) is 113 Å². The average Bonchev–Trinajstić information content (AvgIpc) is 3.16. The first-order valence-electron chi connectivity index (χ1n) is 11.2.